The third-order valence-corrected chi connectivity index (χ3v) is 4.88. The average Bonchev–Trinajstić information content (AvgIpc) is 3.31. The molecule has 4 rings (SSSR count). The van der Waals surface area contributed by atoms with Crippen molar-refractivity contribution < 1.29 is 13.6 Å². The number of carbonyl (C=O) groups is 1. The Morgan fingerprint density at radius 3 is 2.63 bits per heavy atom. The molecule has 2 aromatic carbocycles. The van der Waals surface area contributed by atoms with Crippen LogP contribution in [0, 0.1) is 11.6 Å². The summed E-state index contributed by atoms with van der Waals surface area (Å²) in [5.41, 5.74) is 1.77. The Morgan fingerprint density at radius 2 is 1.85 bits per heavy atom. The fourth-order valence-electron chi connectivity index (χ4n) is 3.60. The molecule has 1 amide bonds. The van der Waals surface area contributed by atoms with Gasteiger partial charge in [0.1, 0.15) is 11.6 Å². The lowest BCUT2D eigenvalue weighted by molar-refractivity contribution is 0.0730. The van der Waals surface area contributed by atoms with Crippen molar-refractivity contribution in [1.29, 1.82) is 0 Å². The molecule has 138 valence electrons. The van der Waals surface area contributed by atoms with Gasteiger partial charge in [-0.05, 0) is 61.2 Å². The Labute approximate surface area is 156 Å². The molecule has 0 saturated carbocycles. The van der Waals surface area contributed by atoms with E-state index in [-0.39, 0.29) is 23.6 Å². The summed E-state index contributed by atoms with van der Waals surface area (Å²) in [5.74, 6) is -0.771. The number of rotatable bonds is 4. The molecule has 6 heteroatoms. The van der Waals surface area contributed by atoms with Crippen molar-refractivity contribution in [2.45, 2.75) is 25.3 Å². The van der Waals surface area contributed by atoms with E-state index >= 15 is 0 Å². The summed E-state index contributed by atoms with van der Waals surface area (Å²) in [6.07, 6.45) is 4.07. The van der Waals surface area contributed by atoms with Crippen LogP contribution in [0.5, 0.6) is 0 Å². The second-order valence-electron chi connectivity index (χ2n) is 6.75. The predicted octanol–water partition coefficient (Wildman–Crippen LogP) is 4.00. The lowest BCUT2D eigenvalue weighted by atomic mass is 10.0. The summed E-state index contributed by atoms with van der Waals surface area (Å²) in [6, 6.07) is 14.2. The standard InChI is InChI=1S/C21H19F2N3O/c22-16-5-1-4-15(12-16)13-18-8-3-10-25(18)21(27)20-9-11-26(24-20)19-7-2-6-17(23)14-19/h1-2,4-7,9,11-12,14,18H,3,8,10,13H2. The SMILES string of the molecule is O=C(c1ccn(-c2cccc(F)c2)n1)N1CCCC1Cc1cccc(F)c1. The molecule has 0 radical (unpaired) electrons. The number of carbonyl (C=O) groups excluding carboxylic acids is 1. The molecular formula is C21H19F2N3O. The van der Waals surface area contributed by atoms with Gasteiger partial charge in [-0.2, -0.15) is 5.10 Å². The van der Waals surface area contributed by atoms with Gasteiger partial charge in [0, 0.05) is 18.8 Å². The highest BCUT2D eigenvalue weighted by Crippen LogP contribution is 2.23. The van der Waals surface area contributed by atoms with Gasteiger partial charge >= 0.3 is 0 Å². The average molecular weight is 367 g/mol. The number of benzene rings is 2. The van der Waals surface area contributed by atoms with E-state index in [4.69, 9.17) is 0 Å². The summed E-state index contributed by atoms with van der Waals surface area (Å²) in [6.45, 7) is 0.658. The number of amides is 1. The molecule has 3 aromatic rings. The highest BCUT2D eigenvalue weighted by Gasteiger charge is 2.30. The maximum atomic E-state index is 13.4. The van der Waals surface area contributed by atoms with Gasteiger partial charge in [0.15, 0.2) is 5.69 Å². The fourth-order valence-corrected chi connectivity index (χ4v) is 3.60. The Bertz CT molecular complexity index is 969. The van der Waals surface area contributed by atoms with Crippen molar-refractivity contribution in [1.82, 2.24) is 14.7 Å². The van der Waals surface area contributed by atoms with E-state index in [0.29, 0.717) is 24.3 Å². The first-order chi connectivity index (χ1) is 13.1. The smallest absolute Gasteiger partial charge is 0.274 e. The van der Waals surface area contributed by atoms with E-state index in [0.717, 1.165) is 18.4 Å². The monoisotopic (exact) mass is 367 g/mol. The third-order valence-electron chi connectivity index (χ3n) is 4.88. The molecule has 1 saturated heterocycles. The molecule has 1 unspecified atom stereocenters. The topological polar surface area (TPSA) is 38.1 Å². The second kappa shape index (κ2) is 7.31. The van der Waals surface area contributed by atoms with E-state index in [2.05, 4.69) is 5.10 Å². The molecule has 1 fully saturated rings. The Morgan fingerprint density at radius 1 is 1.07 bits per heavy atom. The summed E-state index contributed by atoms with van der Waals surface area (Å²) in [5, 5.41) is 4.32. The number of hydrogen-bond donors (Lipinski definition) is 0. The highest BCUT2D eigenvalue weighted by atomic mass is 19.1. The van der Waals surface area contributed by atoms with Gasteiger partial charge in [-0.15, -0.1) is 0 Å². The van der Waals surface area contributed by atoms with Crippen LogP contribution in [-0.4, -0.2) is 33.2 Å². The van der Waals surface area contributed by atoms with Gasteiger partial charge in [0.05, 0.1) is 5.69 Å². The van der Waals surface area contributed by atoms with E-state index in [1.807, 2.05) is 11.0 Å². The lowest BCUT2D eigenvalue weighted by Crippen LogP contribution is -2.37. The van der Waals surface area contributed by atoms with Gasteiger partial charge in [-0.3, -0.25) is 4.79 Å². The zero-order valence-corrected chi connectivity index (χ0v) is 14.7. The third kappa shape index (κ3) is 3.74. The van der Waals surface area contributed by atoms with Crippen LogP contribution in [0.25, 0.3) is 5.69 Å². The van der Waals surface area contributed by atoms with E-state index in [1.165, 1.54) is 28.9 Å². The zero-order valence-electron chi connectivity index (χ0n) is 14.7. The van der Waals surface area contributed by atoms with Crippen LogP contribution in [0.3, 0.4) is 0 Å². The molecule has 0 bridgehead atoms. The van der Waals surface area contributed by atoms with Crippen LogP contribution in [0.4, 0.5) is 8.78 Å². The highest BCUT2D eigenvalue weighted by molar-refractivity contribution is 5.92. The van der Waals surface area contributed by atoms with Gasteiger partial charge in [-0.25, -0.2) is 13.5 Å². The van der Waals surface area contributed by atoms with Crippen LogP contribution in [0.15, 0.2) is 60.8 Å². The van der Waals surface area contributed by atoms with Crippen molar-refractivity contribution in [3.63, 3.8) is 0 Å². The Balaban J connectivity index is 1.52. The quantitative estimate of drug-likeness (QED) is 0.699. The molecule has 1 aromatic heterocycles. The van der Waals surface area contributed by atoms with Gasteiger partial charge in [0.25, 0.3) is 5.91 Å². The molecule has 1 aliphatic rings. The molecule has 1 aliphatic heterocycles. The minimum atomic E-state index is -0.356. The molecule has 0 aliphatic carbocycles. The molecule has 1 atom stereocenters. The number of nitrogens with zero attached hydrogens (tertiary/aromatic N) is 3. The van der Waals surface area contributed by atoms with Crippen LogP contribution in [-0.2, 0) is 6.42 Å². The van der Waals surface area contributed by atoms with Crippen LogP contribution in [0.1, 0.15) is 28.9 Å². The second-order valence-corrected chi connectivity index (χ2v) is 6.75. The zero-order chi connectivity index (χ0) is 18.8. The molecule has 2 heterocycles. The summed E-state index contributed by atoms with van der Waals surface area (Å²) in [4.78, 5) is 14.7. The molecule has 0 N–H and O–H groups in total. The number of hydrogen-bond acceptors (Lipinski definition) is 2. The number of aromatic nitrogens is 2. The summed E-state index contributed by atoms with van der Waals surface area (Å²) in [7, 11) is 0. The summed E-state index contributed by atoms with van der Waals surface area (Å²) >= 11 is 0. The first-order valence-corrected chi connectivity index (χ1v) is 8.97. The van der Waals surface area contributed by atoms with E-state index in [9.17, 15) is 13.6 Å². The molecular weight excluding hydrogens is 348 g/mol. The summed E-state index contributed by atoms with van der Waals surface area (Å²) < 4.78 is 28.3. The van der Waals surface area contributed by atoms with Gasteiger partial charge in [0.2, 0.25) is 0 Å². The Hall–Kier alpha value is -3.02. The van der Waals surface area contributed by atoms with Crippen molar-refractivity contribution in [3.8, 4) is 5.69 Å². The molecule has 27 heavy (non-hydrogen) atoms. The van der Waals surface area contributed by atoms with Crippen molar-refractivity contribution in [3.05, 3.63) is 83.7 Å². The largest absolute Gasteiger partial charge is 0.334 e. The predicted molar refractivity (Wildman–Crippen MR) is 97.7 cm³/mol. The normalized spacial score (nSPS) is 16.7. The fraction of sp³-hybridized carbons (Fsp3) is 0.238. The number of likely N-dealkylation sites (tertiary alicyclic amines) is 1. The minimum Gasteiger partial charge on any atom is -0.334 e. The molecule has 4 nitrogen and oxygen atoms in total. The van der Waals surface area contributed by atoms with Crippen molar-refractivity contribution >= 4 is 5.91 Å². The van der Waals surface area contributed by atoms with E-state index in [1.54, 1.807) is 30.5 Å². The van der Waals surface area contributed by atoms with Gasteiger partial charge in [-0.1, -0.05) is 18.2 Å². The lowest BCUT2D eigenvalue weighted by Gasteiger charge is -2.24. The van der Waals surface area contributed by atoms with E-state index < -0.39 is 0 Å². The maximum Gasteiger partial charge on any atom is 0.274 e. The molecule has 0 spiro atoms. The first kappa shape index (κ1) is 17.4. The van der Waals surface area contributed by atoms with Crippen LogP contribution >= 0.6 is 0 Å². The minimum absolute atomic E-state index is 0.0265. The number of halogens is 2. The van der Waals surface area contributed by atoms with Crippen LogP contribution < -0.4 is 0 Å². The van der Waals surface area contributed by atoms with Gasteiger partial charge < -0.3 is 4.90 Å². The Kier molecular flexibility index (Phi) is 4.71. The maximum absolute atomic E-state index is 13.4. The van der Waals surface area contributed by atoms with Crippen molar-refractivity contribution in [2.75, 3.05) is 6.54 Å². The van der Waals surface area contributed by atoms with Crippen molar-refractivity contribution in [2.24, 2.45) is 0 Å². The first-order valence-electron chi connectivity index (χ1n) is 8.97. The van der Waals surface area contributed by atoms with Crippen LogP contribution in [0.2, 0.25) is 0 Å².